The second-order valence-electron chi connectivity index (χ2n) is 11.1. The number of hydrogen-bond donors (Lipinski definition) is 4. The first-order chi connectivity index (χ1) is 21.1. The van der Waals surface area contributed by atoms with Crippen molar-refractivity contribution < 1.29 is 34.0 Å². The Kier molecular flexibility index (Phi) is 10.9. The van der Waals surface area contributed by atoms with Gasteiger partial charge in [0.25, 0.3) is 5.91 Å². The van der Waals surface area contributed by atoms with E-state index in [1.807, 2.05) is 73.0 Å². The van der Waals surface area contributed by atoms with Gasteiger partial charge in [-0.05, 0) is 74.1 Å². The number of aliphatic hydroxyl groups excluding tert-OH is 2. The molecular weight excluding hydrogens is 563 g/mol. The Balaban J connectivity index is 1.83. The lowest BCUT2D eigenvalue weighted by Crippen LogP contribution is -2.27. The van der Waals surface area contributed by atoms with Gasteiger partial charge in [-0.25, -0.2) is 4.39 Å². The van der Waals surface area contributed by atoms with Crippen LogP contribution in [0.2, 0.25) is 0 Å². The average molecular weight is 603 g/mol. The predicted octanol–water partition coefficient (Wildman–Crippen LogP) is 6.00. The Labute approximate surface area is 256 Å². The van der Waals surface area contributed by atoms with Crippen LogP contribution in [-0.2, 0) is 17.8 Å². The molecule has 4 aromatic rings. The van der Waals surface area contributed by atoms with Gasteiger partial charge in [0.2, 0.25) is 0 Å². The SMILES string of the molecule is COc1ccc(CNC(=O)c2c(-c3ccccc3)c(-c3ccc(F)cc3)c(CC[C@@H](O)C[C@@H](O)CC(=O)O)n2C(C)C)cc1. The summed E-state index contributed by atoms with van der Waals surface area (Å²) in [5, 5.41) is 32.9. The van der Waals surface area contributed by atoms with Gasteiger partial charge in [-0.2, -0.15) is 0 Å². The number of aliphatic hydroxyl groups is 2. The second kappa shape index (κ2) is 14.8. The molecule has 2 atom stereocenters. The molecule has 1 heterocycles. The molecule has 3 aromatic carbocycles. The molecule has 0 spiro atoms. The maximum atomic E-state index is 14.1. The predicted molar refractivity (Wildman–Crippen MR) is 167 cm³/mol. The summed E-state index contributed by atoms with van der Waals surface area (Å²) in [5.41, 5.74) is 5.06. The number of ether oxygens (including phenoxy) is 1. The van der Waals surface area contributed by atoms with E-state index in [-0.39, 0.29) is 37.2 Å². The molecule has 0 fully saturated rings. The van der Waals surface area contributed by atoms with Gasteiger partial charge < -0.3 is 29.9 Å². The van der Waals surface area contributed by atoms with Crippen LogP contribution in [0.3, 0.4) is 0 Å². The second-order valence-corrected chi connectivity index (χ2v) is 11.1. The molecule has 0 radical (unpaired) electrons. The van der Waals surface area contributed by atoms with Crippen molar-refractivity contribution in [3.05, 3.63) is 102 Å². The van der Waals surface area contributed by atoms with Crippen molar-refractivity contribution in [3.63, 3.8) is 0 Å². The Morgan fingerprint density at radius 1 is 0.886 bits per heavy atom. The summed E-state index contributed by atoms with van der Waals surface area (Å²) in [6, 6.07) is 22.9. The van der Waals surface area contributed by atoms with Crippen LogP contribution in [0.1, 0.15) is 60.9 Å². The quantitative estimate of drug-likeness (QED) is 0.141. The first kappa shape index (κ1) is 32.4. The lowest BCUT2D eigenvalue weighted by atomic mass is 9.92. The summed E-state index contributed by atoms with van der Waals surface area (Å²) >= 11 is 0. The van der Waals surface area contributed by atoms with Crippen molar-refractivity contribution in [2.24, 2.45) is 0 Å². The number of aliphatic carboxylic acids is 1. The number of halogens is 1. The monoisotopic (exact) mass is 602 g/mol. The number of carbonyl (C=O) groups is 2. The van der Waals surface area contributed by atoms with Crippen molar-refractivity contribution >= 4 is 11.9 Å². The number of carboxylic acids is 1. The van der Waals surface area contributed by atoms with E-state index in [0.717, 1.165) is 22.4 Å². The zero-order valence-electron chi connectivity index (χ0n) is 25.2. The molecule has 1 aromatic heterocycles. The highest BCUT2D eigenvalue weighted by Gasteiger charge is 2.30. The minimum atomic E-state index is -1.19. The fourth-order valence-electron chi connectivity index (χ4n) is 5.52. The van der Waals surface area contributed by atoms with Gasteiger partial charge in [0.15, 0.2) is 0 Å². The van der Waals surface area contributed by atoms with Crippen molar-refractivity contribution in [2.75, 3.05) is 7.11 Å². The highest BCUT2D eigenvalue weighted by Crippen LogP contribution is 2.42. The van der Waals surface area contributed by atoms with Crippen LogP contribution >= 0.6 is 0 Å². The number of aromatic nitrogens is 1. The number of carbonyl (C=O) groups excluding carboxylic acids is 1. The van der Waals surface area contributed by atoms with Gasteiger partial charge in [0, 0.05) is 29.4 Å². The van der Waals surface area contributed by atoms with Crippen LogP contribution < -0.4 is 10.1 Å². The molecule has 0 aliphatic rings. The number of rotatable bonds is 14. The molecule has 0 saturated heterocycles. The summed E-state index contributed by atoms with van der Waals surface area (Å²) in [5.74, 6) is -1.11. The molecule has 0 aliphatic heterocycles. The van der Waals surface area contributed by atoms with Gasteiger partial charge in [-0.15, -0.1) is 0 Å². The number of nitrogens with one attached hydrogen (secondary N) is 1. The standard InChI is InChI=1S/C35H39FN2O6/c1-22(2)38-30(18-15-27(39)19-28(40)20-31(41)42)32(25-11-13-26(36)14-12-25)33(24-7-5-4-6-8-24)34(38)35(43)37-21-23-9-16-29(44-3)17-10-23/h4-14,16-17,22,27-28,39-40H,15,18-21H2,1-3H3,(H,37,43)(H,41,42)/t27-,28-/m1/s1. The average Bonchev–Trinajstić information content (AvgIpc) is 3.35. The number of nitrogens with zero attached hydrogens (tertiary/aromatic N) is 1. The lowest BCUT2D eigenvalue weighted by Gasteiger charge is -2.20. The molecule has 0 unspecified atom stereocenters. The van der Waals surface area contributed by atoms with Gasteiger partial charge in [0.1, 0.15) is 17.3 Å². The first-order valence-corrected chi connectivity index (χ1v) is 14.7. The van der Waals surface area contributed by atoms with E-state index in [1.54, 1.807) is 19.2 Å². The molecular formula is C35H39FN2O6. The summed E-state index contributed by atoms with van der Waals surface area (Å²) in [7, 11) is 1.59. The highest BCUT2D eigenvalue weighted by atomic mass is 19.1. The molecule has 0 bridgehead atoms. The normalized spacial score (nSPS) is 12.6. The van der Waals surface area contributed by atoms with Crippen molar-refractivity contribution in [1.82, 2.24) is 9.88 Å². The van der Waals surface area contributed by atoms with Crippen LogP contribution in [-0.4, -0.2) is 51.1 Å². The summed E-state index contributed by atoms with van der Waals surface area (Å²) in [6.07, 6.45) is -2.19. The molecule has 232 valence electrons. The summed E-state index contributed by atoms with van der Waals surface area (Å²) in [6.45, 7) is 4.22. The van der Waals surface area contributed by atoms with E-state index in [9.17, 15) is 24.2 Å². The molecule has 1 amide bonds. The molecule has 0 aliphatic carbocycles. The molecule has 9 heteroatoms. The largest absolute Gasteiger partial charge is 0.497 e. The number of methoxy groups -OCH3 is 1. The van der Waals surface area contributed by atoms with E-state index in [1.165, 1.54) is 12.1 Å². The third-order valence-electron chi connectivity index (χ3n) is 7.51. The van der Waals surface area contributed by atoms with E-state index in [2.05, 4.69) is 5.32 Å². The van der Waals surface area contributed by atoms with Gasteiger partial charge in [-0.3, -0.25) is 9.59 Å². The van der Waals surface area contributed by atoms with Crippen LogP contribution in [0.25, 0.3) is 22.3 Å². The Hall–Kier alpha value is -4.47. The number of hydrogen-bond acceptors (Lipinski definition) is 5. The topological polar surface area (TPSA) is 121 Å². The van der Waals surface area contributed by atoms with Gasteiger partial charge in [0.05, 0.1) is 25.7 Å². The smallest absolute Gasteiger partial charge is 0.305 e. The zero-order valence-corrected chi connectivity index (χ0v) is 25.2. The maximum absolute atomic E-state index is 14.1. The van der Waals surface area contributed by atoms with Crippen LogP contribution in [0.4, 0.5) is 4.39 Å². The van der Waals surface area contributed by atoms with Crippen LogP contribution in [0.15, 0.2) is 78.9 Å². The fourth-order valence-corrected chi connectivity index (χ4v) is 5.52. The fraction of sp³-hybridized carbons (Fsp3) is 0.314. The van der Waals surface area contributed by atoms with Crippen molar-refractivity contribution in [1.29, 1.82) is 0 Å². The number of amides is 1. The summed E-state index contributed by atoms with van der Waals surface area (Å²) in [4.78, 5) is 25.2. The van der Waals surface area contributed by atoms with E-state index >= 15 is 0 Å². The highest BCUT2D eigenvalue weighted by molar-refractivity contribution is 6.05. The number of carboxylic acid groups (broad SMARTS) is 1. The molecule has 4 rings (SSSR count). The maximum Gasteiger partial charge on any atom is 0.305 e. The lowest BCUT2D eigenvalue weighted by molar-refractivity contribution is -0.139. The third kappa shape index (κ3) is 7.92. The van der Waals surface area contributed by atoms with Crippen LogP contribution in [0, 0.1) is 5.82 Å². The minimum Gasteiger partial charge on any atom is -0.497 e. The Morgan fingerprint density at radius 2 is 1.52 bits per heavy atom. The van der Waals surface area contributed by atoms with Gasteiger partial charge in [-0.1, -0.05) is 54.6 Å². The molecule has 8 nitrogen and oxygen atoms in total. The van der Waals surface area contributed by atoms with Crippen molar-refractivity contribution in [3.8, 4) is 28.0 Å². The molecule has 0 saturated carbocycles. The molecule has 44 heavy (non-hydrogen) atoms. The van der Waals surface area contributed by atoms with Gasteiger partial charge >= 0.3 is 5.97 Å². The van der Waals surface area contributed by atoms with E-state index < -0.39 is 24.6 Å². The Morgan fingerprint density at radius 3 is 2.11 bits per heavy atom. The first-order valence-electron chi connectivity index (χ1n) is 14.7. The Bertz CT molecular complexity index is 1550. The summed E-state index contributed by atoms with van der Waals surface area (Å²) < 4.78 is 21.3. The zero-order chi connectivity index (χ0) is 31.8. The molecule has 4 N–H and O–H groups in total. The van der Waals surface area contributed by atoms with E-state index in [0.29, 0.717) is 29.0 Å². The number of benzene rings is 3. The minimum absolute atomic E-state index is 0.0959. The third-order valence-corrected chi connectivity index (χ3v) is 7.51. The van der Waals surface area contributed by atoms with Crippen molar-refractivity contribution in [2.45, 2.75) is 64.3 Å². The van der Waals surface area contributed by atoms with E-state index in [4.69, 9.17) is 9.84 Å². The van der Waals surface area contributed by atoms with Crippen LogP contribution in [0.5, 0.6) is 5.75 Å².